The normalized spacial score (nSPS) is 16.2. The summed E-state index contributed by atoms with van der Waals surface area (Å²) in [6.07, 6.45) is 1.39. The van der Waals surface area contributed by atoms with Crippen LogP contribution >= 0.6 is 0 Å². The molecule has 0 bridgehead atoms. The molecule has 0 spiro atoms. The van der Waals surface area contributed by atoms with E-state index in [2.05, 4.69) is 15.6 Å². The molecular weight excluding hydrogens is 388 g/mol. The Labute approximate surface area is 172 Å². The number of anilines is 1. The number of hydrogen-bond donors (Lipinski definition) is 2. The molecule has 1 fully saturated rings. The highest BCUT2D eigenvalue weighted by atomic mass is 19.3. The van der Waals surface area contributed by atoms with Crippen molar-refractivity contribution in [1.29, 1.82) is 0 Å². The number of amides is 2. The summed E-state index contributed by atoms with van der Waals surface area (Å²) in [6.45, 7) is 0. The quantitative estimate of drug-likeness (QED) is 0.651. The molecule has 2 aromatic carbocycles. The average molecular weight is 409 g/mol. The number of aromatic nitrogens is 1. The number of nitrogens with zero attached hydrogens (tertiary/aromatic N) is 1. The molecule has 7 heteroatoms. The molecule has 1 aliphatic rings. The van der Waals surface area contributed by atoms with Gasteiger partial charge in [0.15, 0.2) is 5.69 Å². The molecule has 5 nitrogen and oxygen atoms in total. The number of pyridine rings is 1. The SMILES string of the molecule is O=C(NC1CCC(F)(F)CC1)c1ncccc1NC(=O)c1cccc2ccccc12. The molecule has 0 saturated heterocycles. The van der Waals surface area contributed by atoms with Crippen molar-refractivity contribution in [2.45, 2.75) is 37.6 Å². The summed E-state index contributed by atoms with van der Waals surface area (Å²) in [5, 5.41) is 7.27. The number of benzene rings is 2. The Morgan fingerprint density at radius 3 is 2.47 bits per heavy atom. The molecule has 0 atom stereocenters. The predicted octanol–water partition coefficient (Wildman–Crippen LogP) is 4.79. The highest BCUT2D eigenvalue weighted by Crippen LogP contribution is 2.33. The molecule has 1 heterocycles. The van der Waals surface area contributed by atoms with Gasteiger partial charge in [0.05, 0.1) is 5.69 Å². The number of fused-ring (bicyclic) bond motifs is 1. The Balaban J connectivity index is 1.52. The summed E-state index contributed by atoms with van der Waals surface area (Å²) in [5.41, 5.74) is 0.815. The Bertz CT molecular complexity index is 1090. The van der Waals surface area contributed by atoms with Gasteiger partial charge >= 0.3 is 0 Å². The van der Waals surface area contributed by atoms with Gasteiger partial charge in [-0.25, -0.2) is 13.8 Å². The lowest BCUT2D eigenvalue weighted by molar-refractivity contribution is -0.0399. The first-order chi connectivity index (χ1) is 14.4. The molecule has 30 heavy (non-hydrogen) atoms. The maximum atomic E-state index is 13.3. The van der Waals surface area contributed by atoms with Crippen molar-refractivity contribution >= 4 is 28.3 Å². The van der Waals surface area contributed by atoms with Crippen molar-refractivity contribution < 1.29 is 18.4 Å². The first kappa shape index (κ1) is 19.9. The maximum absolute atomic E-state index is 13.3. The fourth-order valence-corrected chi connectivity index (χ4v) is 3.74. The highest BCUT2D eigenvalue weighted by molar-refractivity contribution is 6.14. The Kier molecular flexibility index (Phi) is 5.44. The molecule has 1 saturated carbocycles. The zero-order valence-electron chi connectivity index (χ0n) is 16.2. The van der Waals surface area contributed by atoms with E-state index in [-0.39, 0.29) is 49.0 Å². The van der Waals surface area contributed by atoms with Crippen LogP contribution in [0.5, 0.6) is 0 Å². The lowest BCUT2D eigenvalue weighted by atomic mass is 9.92. The molecular formula is C23H21F2N3O2. The molecule has 0 aliphatic heterocycles. The molecule has 0 radical (unpaired) electrons. The van der Waals surface area contributed by atoms with Crippen molar-refractivity contribution in [2.75, 3.05) is 5.32 Å². The second kappa shape index (κ2) is 8.18. The zero-order valence-corrected chi connectivity index (χ0v) is 16.2. The van der Waals surface area contributed by atoms with Gasteiger partial charge in [-0.1, -0.05) is 36.4 Å². The van der Waals surface area contributed by atoms with Crippen LogP contribution in [0.3, 0.4) is 0 Å². The summed E-state index contributed by atoms with van der Waals surface area (Å²) in [4.78, 5) is 29.7. The topological polar surface area (TPSA) is 71.1 Å². The van der Waals surface area contributed by atoms with E-state index >= 15 is 0 Å². The van der Waals surface area contributed by atoms with Crippen LogP contribution in [0.25, 0.3) is 10.8 Å². The van der Waals surface area contributed by atoms with E-state index in [1.807, 2.05) is 30.3 Å². The Morgan fingerprint density at radius 1 is 0.933 bits per heavy atom. The smallest absolute Gasteiger partial charge is 0.272 e. The predicted molar refractivity (Wildman–Crippen MR) is 111 cm³/mol. The second-order valence-electron chi connectivity index (χ2n) is 7.48. The molecule has 1 aliphatic carbocycles. The molecule has 2 N–H and O–H groups in total. The van der Waals surface area contributed by atoms with Gasteiger partial charge < -0.3 is 10.6 Å². The molecule has 154 valence electrons. The van der Waals surface area contributed by atoms with Gasteiger partial charge in [0.2, 0.25) is 5.92 Å². The van der Waals surface area contributed by atoms with Gasteiger partial charge in [0, 0.05) is 30.6 Å². The number of nitrogens with one attached hydrogen (secondary N) is 2. The van der Waals surface area contributed by atoms with Gasteiger partial charge in [0.1, 0.15) is 0 Å². The summed E-state index contributed by atoms with van der Waals surface area (Å²) in [5.74, 6) is -3.51. The minimum absolute atomic E-state index is 0.0587. The van der Waals surface area contributed by atoms with Crippen molar-refractivity contribution in [2.24, 2.45) is 0 Å². The first-order valence-corrected chi connectivity index (χ1v) is 9.86. The van der Waals surface area contributed by atoms with E-state index < -0.39 is 11.8 Å². The van der Waals surface area contributed by atoms with Crippen LogP contribution in [0.2, 0.25) is 0 Å². The van der Waals surface area contributed by atoms with Crippen LogP contribution < -0.4 is 10.6 Å². The van der Waals surface area contributed by atoms with Gasteiger partial charge in [-0.3, -0.25) is 9.59 Å². The van der Waals surface area contributed by atoms with Crippen molar-refractivity contribution in [3.05, 3.63) is 72.1 Å². The highest BCUT2D eigenvalue weighted by Gasteiger charge is 2.35. The van der Waals surface area contributed by atoms with Crippen LogP contribution in [0, 0.1) is 0 Å². The Hall–Kier alpha value is -3.35. The molecule has 0 unspecified atom stereocenters. The minimum Gasteiger partial charge on any atom is -0.348 e. The standard InChI is InChI=1S/C23H21F2N3O2/c24-23(25)12-10-16(11-13-23)27-22(30)20-19(9-4-14-26-20)28-21(29)18-8-3-6-15-5-1-2-7-17(15)18/h1-9,14,16H,10-13H2,(H,27,30)(H,28,29). The van der Waals surface area contributed by atoms with Crippen molar-refractivity contribution in [3.63, 3.8) is 0 Å². The number of alkyl halides is 2. The number of carbonyl (C=O) groups is 2. The van der Waals surface area contributed by atoms with E-state index in [4.69, 9.17) is 0 Å². The molecule has 4 rings (SSSR count). The summed E-state index contributed by atoms with van der Waals surface area (Å²) < 4.78 is 26.7. The van der Waals surface area contributed by atoms with E-state index in [9.17, 15) is 18.4 Å². The third-order valence-corrected chi connectivity index (χ3v) is 5.36. The molecule has 1 aromatic heterocycles. The number of halogens is 2. The van der Waals surface area contributed by atoms with Crippen molar-refractivity contribution in [3.8, 4) is 0 Å². The maximum Gasteiger partial charge on any atom is 0.272 e. The average Bonchev–Trinajstić information content (AvgIpc) is 2.75. The number of carbonyl (C=O) groups excluding carboxylic acids is 2. The van der Waals surface area contributed by atoms with E-state index in [0.29, 0.717) is 5.56 Å². The van der Waals surface area contributed by atoms with Crippen LogP contribution in [-0.2, 0) is 0 Å². The summed E-state index contributed by atoms with van der Waals surface area (Å²) in [7, 11) is 0. The fourth-order valence-electron chi connectivity index (χ4n) is 3.74. The molecule has 3 aromatic rings. The van der Waals surface area contributed by atoms with Crippen LogP contribution in [0.1, 0.15) is 46.5 Å². The zero-order chi connectivity index (χ0) is 21.1. The molecule has 2 amide bonds. The van der Waals surface area contributed by atoms with Crippen LogP contribution in [0.15, 0.2) is 60.8 Å². The van der Waals surface area contributed by atoms with Gasteiger partial charge in [0.25, 0.3) is 11.8 Å². The summed E-state index contributed by atoms with van der Waals surface area (Å²) in [6, 6.07) is 15.9. The monoisotopic (exact) mass is 409 g/mol. The first-order valence-electron chi connectivity index (χ1n) is 9.86. The number of hydrogen-bond acceptors (Lipinski definition) is 3. The van der Waals surface area contributed by atoms with Gasteiger partial charge in [-0.05, 0) is 41.8 Å². The van der Waals surface area contributed by atoms with Crippen LogP contribution in [-0.4, -0.2) is 28.8 Å². The van der Waals surface area contributed by atoms with Gasteiger partial charge in [-0.15, -0.1) is 0 Å². The third-order valence-electron chi connectivity index (χ3n) is 5.36. The van der Waals surface area contributed by atoms with Crippen LogP contribution in [0.4, 0.5) is 14.5 Å². The third kappa shape index (κ3) is 4.30. The Morgan fingerprint density at radius 2 is 1.67 bits per heavy atom. The van der Waals surface area contributed by atoms with E-state index in [0.717, 1.165) is 10.8 Å². The second-order valence-corrected chi connectivity index (χ2v) is 7.48. The van der Waals surface area contributed by atoms with E-state index in [1.165, 1.54) is 6.20 Å². The lowest BCUT2D eigenvalue weighted by Crippen LogP contribution is -2.40. The summed E-state index contributed by atoms with van der Waals surface area (Å²) >= 11 is 0. The van der Waals surface area contributed by atoms with Crippen molar-refractivity contribution in [1.82, 2.24) is 10.3 Å². The largest absolute Gasteiger partial charge is 0.348 e. The fraction of sp³-hybridized carbons (Fsp3) is 0.261. The van der Waals surface area contributed by atoms with Gasteiger partial charge in [-0.2, -0.15) is 0 Å². The minimum atomic E-state index is -2.66. The lowest BCUT2D eigenvalue weighted by Gasteiger charge is -2.28. The van der Waals surface area contributed by atoms with E-state index in [1.54, 1.807) is 24.3 Å². The number of rotatable bonds is 4.